The Kier molecular flexibility index (Phi) is 6.15. The van der Waals surface area contributed by atoms with E-state index in [4.69, 9.17) is 0 Å². The SMILES string of the molecule is CNC(=O)C(C)CN(C)S(=O)(=O)C1CCCC1C(=O)OC. The first-order chi connectivity index (χ1) is 9.75. The molecule has 1 aliphatic carbocycles. The van der Waals surface area contributed by atoms with E-state index in [-0.39, 0.29) is 12.5 Å². The maximum atomic E-state index is 12.6. The number of methoxy groups -OCH3 is 1. The first-order valence-corrected chi connectivity index (χ1v) is 8.50. The highest BCUT2D eigenvalue weighted by Crippen LogP contribution is 2.33. The average molecular weight is 320 g/mol. The predicted molar refractivity (Wildman–Crippen MR) is 77.9 cm³/mol. The number of sulfonamides is 1. The first kappa shape index (κ1) is 17.9. The van der Waals surface area contributed by atoms with E-state index in [1.165, 1.54) is 25.5 Å². The van der Waals surface area contributed by atoms with Gasteiger partial charge < -0.3 is 10.1 Å². The summed E-state index contributed by atoms with van der Waals surface area (Å²) in [5.74, 6) is -1.76. The van der Waals surface area contributed by atoms with E-state index in [1.54, 1.807) is 6.92 Å². The molecule has 0 aromatic rings. The van der Waals surface area contributed by atoms with Crippen molar-refractivity contribution in [3.63, 3.8) is 0 Å². The lowest BCUT2D eigenvalue weighted by Gasteiger charge is -2.26. The van der Waals surface area contributed by atoms with Gasteiger partial charge in [-0.15, -0.1) is 0 Å². The van der Waals surface area contributed by atoms with Gasteiger partial charge in [0.2, 0.25) is 15.9 Å². The van der Waals surface area contributed by atoms with Crippen molar-refractivity contribution in [2.24, 2.45) is 11.8 Å². The maximum absolute atomic E-state index is 12.6. The van der Waals surface area contributed by atoms with Crippen molar-refractivity contribution in [1.82, 2.24) is 9.62 Å². The van der Waals surface area contributed by atoms with Gasteiger partial charge in [0.05, 0.1) is 18.3 Å². The molecule has 122 valence electrons. The summed E-state index contributed by atoms with van der Waals surface area (Å²) in [5, 5.41) is 1.74. The maximum Gasteiger partial charge on any atom is 0.310 e. The summed E-state index contributed by atoms with van der Waals surface area (Å²) in [6, 6.07) is 0. The topological polar surface area (TPSA) is 92.8 Å². The van der Waals surface area contributed by atoms with E-state index in [9.17, 15) is 18.0 Å². The Morgan fingerprint density at radius 2 is 2.00 bits per heavy atom. The van der Waals surface area contributed by atoms with Gasteiger partial charge in [0.15, 0.2) is 0 Å². The Balaban J connectivity index is 2.84. The molecule has 7 nitrogen and oxygen atoms in total. The minimum atomic E-state index is -3.63. The molecule has 3 unspecified atom stereocenters. The van der Waals surface area contributed by atoms with Crippen LogP contribution in [-0.2, 0) is 24.3 Å². The van der Waals surface area contributed by atoms with Crippen LogP contribution in [-0.4, -0.2) is 57.6 Å². The Morgan fingerprint density at radius 1 is 1.38 bits per heavy atom. The van der Waals surface area contributed by atoms with Crippen LogP contribution in [0.1, 0.15) is 26.2 Å². The Morgan fingerprint density at radius 3 is 2.52 bits per heavy atom. The van der Waals surface area contributed by atoms with Gasteiger partial charge >= 0.3 is 5.97 Å². The zero-order chi connectivity index (χ0) is 16.2. The highest BCUT2D eigenvalue weighted by atomic mass is 32.2. The lowest BCUT2D eigenvalue weighted by Crippen LogP contribution is -2.44. The quantitative estimate of drug-likeness (QED) is 0.694. The molecule has 8 heteroatoms. The van der Waals surface area contributed by atoms with Gasteiger partial charge in [0, 0.05) is 26.6 Å². The lowest BCUT2D eigenvalue weighted by atomic mass is 10.1. The largest absolute Gasteiger partial charge is 0.469 e. The van der Waals surface area contributed by atoms with Crippen LogP contribution in [0.4, 0.5) is 0 Å². The zero-order valence-corrected chi connectivity index (χ0v) is 13.8. The summed E-state index contributed by atoms with van der Waals surface area (Å²) in [6.45, 7) is 1.75. The van der Waals surface area contributed by atoms with E-state index >= 15 is 0 Å². The number of amides is 1. The standard InChI is InChI=1S/C13H24N2O5S/c1-9(12(16)14-2)8-15(3)21(18,19)11-7-5-6-10(11)13(17)20-4/h9-11H,5-8H2,1-4H3,(H,14,16). The number of carbonyl (C=O) groups excluding carboxylic acids is 2. The molecule has 1 rings (SSSR count). The fourth-order valence-electron chi connectivity index (χ4n) is 2.75. The molecule has 1 amide bonds. The number of esters is 1. The second-order valence-corrected chi connectivity index (χ2v) is 7.70. The molecule has 1 fully saturated rings. The molecule has 1 aliphatic rings. The molecule has 1 saturated carbocycles. The Hall–Kier alpha value is -1.15. The molecule has 0 heterocycles. The number of carbonyl (C=O) groups is 2. The summed E-state index contributed by atoms with van der Waals surface area (Å²) >= 11 is 0. The number of nitrogens with one attached hydrogen (secondary N) is 1. The van der Waals surface area contributed by atoms with Gasteiger partial charge in [-0.1, -0.05) is 13.3 Å². The van der Waals surface area contributed by atoms with Gasteiger partial charge in [0.25, 0.3) is 0 Å². The average Bonchev–Trinajstić information content (AvgIpc) is 2.95. The van der Waals surface area contributed by atoms with E-state index < -0.39 is 33.1 Å². The predicted octanol–water partition coefficient (Wildman–Crippen LogP) is -0.0282. The fraction of sp³-hybridized carbons (Fsp3) is 0.846. The molecule has 1 N–H and O–H groups in total. The van der Waals surface area contributed by atoms with Crippen molar-refractivity contribution < 1.29 is 22.7 Å². The molecule has 0 bridgehead atoms. The van der Waals surface area contributed by atoms with Crippen LogP contribution in [0.5, 0.6) is 0 Å². The third kappa shape index (κ3) is 3.94. The van der Waals surface area contributed by atoms with E-state index in [2.05, 4.69) is 10.1 Å². The monoisotopic (exact) mass is 320 g/mol. The van der Waals surface area contributed by atoms with Crippen LogP contribution in [0.15, 0.2) is 0 Å². The van der Waals surface area contributed by atoms with Crippen molar-refractivity contribution in [2.75, 3.05) is 27.7 Å². The lowest BCUT2D eigenvalue weighted by molar-refractivity contribution is -0.145. The molecule has 0 radical (unpaired) electrons. The minimum absolute atomic E-state index is 0.0897. The van der Waals surface area contributed by atoms with Crippen LogP contribution >= 0.6 is 0 Å². The third-order valence-electron chi connectivity index (χ3n) is 4.00. The minimum Gasteiger partial charge on any atom is -0.469 e. The number of hydrogen-bond donors (Lipinski definition) is 1. The number of ether oxygens (including phenoxy) is 1. The summed E-state index contributed by atoms with van der Waals surface area (Å²) in [4.78, 5) is 23.2. The molecule has 0 aromatic carbocycles. The van der Waals surface area contributed by atoms with Crippen molar-refractivity contribution in [3.8, 4) is 0 Å². The van der Waals surface area contributed by atoms with Crippen molar-refractivity contribution in [2.45, 2.75) is 31.4 Å². The Labute approximate surface area is 126 Å². The second kappa shape index (κ2) is 7.22. The zero-order valence-electron chi connectivity index (χ0n) is 13.0. The highest BCUT2D eigenvalue weighted by Gasteiger charge is 2.44. The second-order valence-electron chi connectivity index (χ2n) is 5.44. The van der Waals surface area contributed by atoms with E-state index in [0.29, 0.717) is 19.3 Å². The molecule has 0 saturated heterocycles. The Bertz CT molecular complexity index is 491. The highest BCUT2D eigenvalue weighted by molar-refractivity contribution is 7.89. The summed E-state index contributed by atoms with van der Waals surface area (Å²) in [6.07, 6.45) is 1.65. The van der Waals surface area contributed by atoms with Gasteiger partial charge in [-0.05, 0) is 12.8 Å². The molecule has 21 heavy (non-hydrogen) atoms. The molecule has 0 aliphatic heterocycles. The van der Waals surface area contributed by atoms with E-state index in [0.717, 1.165) is 0 Å². The van der Waals surface area contributed by atoms with Gasteiger partial charge in [-0.3, -0.25) is 9.59 Å². The molecule has 0 aromatic heterocycles. The molecule has 0 spiro atoms. The van der Waals surface area contributed by atoms with Crippen molar-refractivity contribution in [1.29, 1.82) is 0 Å². The molecular formula is C13H24N2O5S. The van der Waals surface area contributed by atoms with Crippen LogP contribution in [0.25, 0.3) is 0 Å². The number of nitrogens with zero attached hydrogens (tertiary/aromatic N) is 1. The van der Waals surface area contributed by atoms with Crippen LogP contribution in [0, 0.1) is 11.8 Å². The van der Waals surface area contributed by atoms with Gasteiger partial charge in [-0.25, -0.2) is 12.7 Å². The third-order valence-corrected chi connectivity index (χ3v) is 6.35. The summed E-state index contributed by atoms with van der Waals surface area (Å²) < 4.78 is 31.1. The van der Waals surface area contributed by atoms with Gasteiger partial charge in [0.1, 0.15) is 0 Å². The number of rotatable bonds is 6. The van der Waals surface area contributed by atoms with E-state index in [1.807, 2.05) is 0 Å². The first-order valence-electron chi connectivity index (χ1n) is 7.00. The summed E-state index contributed by atoms with van der Waals surface area (Å²) in [7, 11) is 0.596. The smallest absolute Gasteiger partial charge is 0.310 e. The number of hydrogen-bond acceptors (Lipinski definition) is 5. The van der Waals surface area contributed by atoms with Crippen LogP contribution in [0.3, 0.4) is 0 Å². The molecular weight excluding hydrogens is 296 g/mol. The van der Waals surface area contributed by atoms with Crippen molar-refractivity contribution >= 4 is 21.9 Å². The summed E-state index contributed by atoms with van der Waals surface area (Å²) in [5.41, 5.74) is 0. The fourth-order valence-corrected chi connectivity index (χ4v) is 4.77. The molecule has 3 atom stereocenters. The van der Waals surface area contributed by atoms with Crippen LogP contribution < -0.4 is 5.32 Å². The normalized spacial score (nSPS) is 23.9. The van der Waals surface area contributed by atoms with Crippen molar-refractivity contribution in [3.05, 3.63) is 0 Å². The van der Waals surface area contributed by atoms with Gasteiger partial charge in [-0.2, -0.15) is 0 Å². The van der Waals surface area contributed by atoms with Crippen LogP contribution in [0.2, 0.25) is 0 Å².